The summed E-state index contributed by atoms with van der Waals surface area (Å²) in [6, 6.07) is 4.46. The van der Waals surface area contributed by atoms with E-state index in [0.717, 1.165) is 10.0 Å². The predicted octanol–water partition coefficient (Wildman–Crippen LogP) is 2.54. The molecule has 0 aliphatic carbocycles. The Balaban J connectivity index is 2.27. The summed E-state index contributed by atoms with van der Waals surface area (Å²) in [5.41, 5.74) is 0.776. The molecule has 1 N–H and O–H groups in total. The van der Waals surface area contributed by atoms with Crippen molar-refractivity contribution in [1.82, 2.24) is 9.78 Å². The van der Waals surface area contributed by atoms with E-state index in [4.69, 9.17) is 5.11 Å². The highest BCUT2D eigenvalue weighted by atomic mass is 79.9. The molecular weight excluding hydrogens is 263 g/mol. The van der Waals surface area contributed by atoms with Crippen LogP contribution in [0, 0.1) is 5.82 Å². The standard InChI is InChI=1S/C10H8BrFN2O/c11-10-2-1-8(12)3-7(10)5-14-6-9(15)4-13-14/h1-4,6,15H,5H2. The van der Waals surface area contributed by atoms with Crippen molar-refractivity contribution < 1.29 is 9.50 Å². The molecule has 2 aromatic rings. The van der Waals surface area contributed by atoms with E-state index in [1.807, 2.05) is 0 Å². The zero-order chi connectivity index (χ0) is 10.8. The summed E-state index contributed by atoms with van der Waals surface area (Å²) in [7, 11) is 0. The first-order valence-corrected chi connectivity index (χ1v) is 5.10. The predicted molar refractivity (Wildman–Crippen MR) is 57.1 cm³/mol. The number of nitrogens with zero attached hydrogens (tertiary/aromatic N) is 2. The summed E-state index contributed by atoms with van der Waals surface area (Å²) in [4.78, 5) is 0. The maximum atomic E-state index is 13.0. The molecule has 0 spiro atoms. The molecule has 78 valence electrons. The number of aromatic nitrogens is 2. The molecule has 0 fully saturated rings. The average Bonchev–Trinajstić information content (AvgIpc) is 2.58. The molecule has 3 nitrogen and oxygen atoms in total. The van der Waals surface area contributed by atoms with Gasteiger partial charge in [-0.1, -0.05) is 15.9 Å². The molecule has 0 unspecified atom stereocenters. The van der Waals surface area contributed by atoms with Crippen LogP contribution in [0.1, 0.15) is 5.56 Å². The number of aromatic hydroxyl groups is 1. The van der Waals surface area contributed by atoms with Gasteiger partial charge in [0.15, 0.2) is 5.75 Å². The van der Waals surface area contributed by atoms with E-state index in [9.17, 15) is 4.39 Å². The van der Waals surface area contributed by atoms with E-state index in [0.29, 0.717) is 6.54 Å². The van der Waals surface area contributed by atoms with Crippen molar-refractivity contribution in [3.05, 3.63) is 46.4 Å². The van der Waals surface area contributed by atoms with Crippen molar-refractivity contribution in [3.63, 3.8) is 0 Å². The summed E-state index contributed by atoms with van der Waals surface area (Å²) in [6.45, 7) is 0.416. The lowest BCUT2D eigenvalue weighted by Gasteiger charge is -2.04. The SMILES string of the molecule is Oc1cnn(Cc2cc(F)ccc2Br)c1. The third-order valence-electron chi connectivity index (χ3n) is 1.96. The van der Waals surface area contributed by atoms with Gasteiger partial charge in [-0.2, -0.15) is 5.10 Å². The molecule has 15 heavy (non-hydrogen) atoms. The third-order valence-corrected chi connectivity index (χ3v) is 2.73. The van der Waals surface area contributed by atoms with Crippen LogP contribution < -0.4 is 0 Å². The van der Waals surface area contributed by atoms with Crippen molar-refractivity contribution in [3.8, 4) is 5.75 Å². The fraction of sp³-hybridized carbons (Fsp3) is 0.100. The summed E-state index contributed by atoms with van der Waals surface area (Å²) >= 11 is 3.32. The van der Waals surface area contributed by atoms with Gasteiger partial charge in [0.1, 0.15) is 5.82 Å². The summed E-state index contributed by atoms with van der Waals surface area (Å²) in [5, 5.41) is 13.0. The van der Waals surface area contributed by atoms with Gasteiger partial charge in [-0.15, -0.1) is 0 Å². The van der Waals surface area contributed by atoms with Crippen LogP contribution in [-0.2, 0) is 6.54 Å². The van der Waals surface area contributed by atoms with E-state index in [1.165, 1.54) is 29.2 Å². The minimum Gasteiger partial charge on any atom is -0.505 e. The van der Waals surface area contributed by atoms with Crippen LogP contribution in [-0.4, -0.2) is 14.9 Å². The zero-order valence-corrected chi connectivity index (χ0v) is 9.28. The van der Waals surface area contributed by atoms with E-state index >= 15 is 0 Å². The molecule has 1 aromatic carbocycles. The average molecular weight is 271 g/mol. The molecule has 0 saturated carbocycles. The number of rotatable bonds is 2. The Kier molecular flexibility index (Phi) is 2.73. The highest BCUT2D eigenvalue weighted by molar-refractivity contribution is 9.10. The molecule has 1 aromatic heterocycles. The molecule has 0 amide bonds. The fourth-order valence-electron chi connectivity index (χ4n) is 1.28. The Hall–Kier alpha value is -1.36. The molecule has 0 bridgehead atoms. The second-order valence-corrected chi connectivity index (χ2v) is 3.99. The minimum absolute atomic E-state index is 0.0996. The zero-order valence-electron chi connectivity index (χ0n) is 7.69. The van der Waals surface area contributed by atoms with Crippen molar-refractivity contribution >= 4 is 15.9 Å². The van der Waals surface area contributed by atoms with E-state index in [-0.39, 0.29) is 11.6 Å². The lowest BCUT2D eigenvalue weighted by Crippen LogP contribution is -2.00. The minimum atomic E-state index is -0.287. The van der Waals surface area contributed by atoms with Crippen molar-refractivity contribution in [2.24, 2.45) is 0 Å². The first-order valence-electron chi connectivity index (χ1n) is 4.30. The van der Waals surface area contributed by atoms with E-state index < -0.39 is 0 Å². The van der Waals surface area contributed by atoms with Gasteiger partial charge in [0, 0.05) is 4.47 Å². The van der Waals surface area contributed by atoms with Crippen LogP contribution in [0.3, 0.4) is 0 Å². The molecule has 1 heterocycles. The van der Waals surface area contributed by atoms with Gasteiger partial charge in [-0.05, 0) is 23.8 Å². The second kappa shape index (κ2) is 4.02. The normalized spacial score (nSPS) is 10.5. The summed E-state index contributed by atoms with van der Waals surface area (Å²) in [6.07, 6.45) is 2.82. The Labute approximate surface area is 94.3 Å². The first kappa shape index (κ1) is 10.2. The highest BCUT2D eigenvalue weighted by Gasteiger charge is 2.03. The molecule has 0 radical (unpaired) electrons. The first-order chi connectivity index (χ1) is 7.15. The Morgan fingerprint density at radius 1 is 1.47 bits per heavy atom. The van der Waals surface area contributed by atoms with Crippen LogP contribution in [0.15, 0.2) is 35.1 Å². The van der Waals surface area contributed by atoms with Gasteiger partial charge in [0.05, 0.1) is 18.9 Å². The van der Waals surface area contributed by atoms with Gasteiger partial charge in [-0.25, -0.2) is 4.39 Å². The second-order valence-electron chi connectivity index (χ2n) is 3.13. The van der Waals surface area contributed by atoms with Crippen LogP contribution in [0.5, 0.6) is 5.75 Å². The van der Waals surface area contributed by atoms with Gasteiger partial charge in [-0.3, -0.25) is 4.68 Å². The Morgan fingerprint density at radius 2 is 2.27 bits per heavy atom. The maximum absolute atomic E-state index is 13.0. The smallest absolute Gasteiger partial charge is 0.153 e. The summed E-state index contributed by atoms with van der Waals surface area (Å²) in [5.74, 6) is -0.188. The molecule has 0 atom stereocenters. The van der Waals surface area contributed by atoms with Crippen LogP contribution in [0.2, 0.25) is 0 Å². The van der Waals surface area contributed by atoms with Gasteiger partial charge >= 0.3 is 0 Å². The number of hydrogen-bond acceptors (Lipinski definition) is 2. The lowest BCUT2D eigenvalue weighted by molar-refractivity contribution is 0.474. The molecular formula is C10H8BrFN2O. The lowest BCUT2D eigenvalue weighted by atomic mass is 10.2. The van der Waals surface area contributed by atoms with Crippen LogP contribution in [0.25, 0.3) is 0 Å². The third kappa shape index (κ3) is 2.36. The molecule has 0 aliphatic rings. The number of hydrogen-bond donors (Lipinski definition) is 1. The van der Waals surface area contributed by atoms with Crippen LogP contribution >= 0.6 is 15.9 Å². The monoisotopic (exact) mass is 270 g/mol. The van der Waals surface area contributed by atoms with Crippen molar-refractivity contribution in [1.29, 1.82) is 0 Å². The van der Waals surface area contributed by atoms with Gasteiger partial charge in [0.2, 0.25) is 0 Å². The van der Waals surface area contributed by atoms with Crippen LogP contribution in [0.4, 0.5) is 4.39 Å². The largest absolute Gasteiger partial charge is 0.505 e. The highest BCUT2D eigenvalue weighted by Crippen LogP contribution is 2.19. The van der Waals surface area contributed by atoms with Gasteiger partial charge < -0.3 is 5.11 Å². The fourth-order valence-corrected chi connectivity index (χ4v) is 1.65. The summed E-state index contributed by atoms with van der Waals surface area (Å²) < 4.78 is 15.3. The molecule has 2 rings (SSSR count). The quantitative estimate of drug-likeness (QED) is 0.911. The Morgan fingerprint density at radius 3 is 2.93 bits per heavy atom. The van der Waals surface area contributed by atoms with Crippen molar-refractivity contribution in [2.45, 2.75) is 6.54 Å². The maximum Gasteiger partial charge on any atom is 0.153 e. The molecule has 0 aliphatic heterocycles. The molecule has 5 heteroatoms. The van der Waals surface area contributed by atoms with E-state index in [2.05, 4.69) is 21.0 Å². The van der Waals surface area contributed by atoms with Gasteiger partial charge in [0.25, 0.3) is 0 Å². The Bertz CT molecular complexity index is 484. The molecule has 0 saturated heterocycles. The number of halogens is 2. The van der Waals surface area contributed by atoms with E-state index in [1.54, 1.807) is 6.07 Å². The van der Waals surface area contributed by atoms with Crippen molar-refractivity contribution in [2.75, 3.05) is 0 Å². The topological polar surface area (TPSA) is 38.1 Å². The number of benzene rings is 1.